The summed E-state index contributed by atoms with van der Waals surface area (Å²) in [5.74, 6) is -1.40. The number of imidazole rings is 1. The number of pyridine rings is 2. The van der Waals surface area contributed by atoms with Crippen molar-refractivity contribution >= 4 is 17.7 Å². The summed E-state index contributed by atoms with van der Waals surface area (Å²) in [5.41, 5.74) is 1.55. The van der Waals surface area contributed by atoms with Crippen LogP contribution in [0.1, 0.15) is 46.2 Å². The molecule has 8 nitrogen and oxygen atoms in total. The van der Waals surface area contributed by atoms with Gasteiger partial charge >= 0.3 is 5.97 Å². The van der Waals surface area contributed by atoms with Crippen molar-refractivity contribution in [2.75, 3.05) is 4.90 Å². The highest BCUT2D eigenvalue weighted by molar-refractivity contribution is 6.10. The predicted molar refractivity (Wildman–Crippen MR) is 123 cm³/mol. The molecule has 3 aromatic heterocycles. The van der Waals surface area contributed by atoms with Crippen molar-refractivity contribution in [2.24, 2.45) is 0 Å². The zero-order valence-electron chi connectivity index (χ0n) is 18.4. The fourth-order valence-electron chi connectivity index (χ4n) is 4.07. The Hall–Kier alpha value is -4.40. The average molecular weight is 457 g/mol. The van der Waals surface area contributed by atoms with Gasteiger partial charge < -0.3 is 9.67 Å². The standard InChI is InChI=1S/C25H20FN5O3/c1-14(2)30-11-10-28-23(30)19-4-3-5-20(29-19)31-13-16-7-6-15(12-18(16)24(31)32)22-21(26)17(25(33)34)8-9-27-22/h3-12,14H,13H2,1-2H3,(H,33,34). The summed E-state index contributed by atoms with van der Waals surface area (Å²) in [6, 6.07) is 11.6. The Labute approximate surface area is 194 Å². The number of benzene rings is 1. The van der Waals surface area contributed by atoms with E-state index in [1.165, 1.54) is 6.20 Å². The lowest BCUT2D eigenvalue weighted by atomic mass is 10.0. The third-order valence-electron chi connectivity index (χ3n) is 5.77. The first kappa shape index (κ1) is 21.4. The second kappa shape index (κ2) is 8.18. The summed E-state index contributed by atoms with van der Waals surface area (Å²) in [7, 11) is 0. The van der Waals surface area contributed by atoms with E-state index in [4.69, 9.17) is 0 Å². The smallest absolute Gasteiger partial charge is 0.338 e. The Morgan fingerprint density at radius 3 is 2.71 bits per heavy atom. The molecule has 1 aliphatic heterocycles. The maximum atomic E-state index is 14.7. The first-order chi connectivity index (χ1) is 16.3. The van der Waals surface area contributed by atoms with Crippen LogP contribution in [0.3, 0.4) is 0 Å². The van der Waals surface area contributed by atoms with Gasteiger partial charge in [-0.2, -0.15) is 0 Å². The zero-order valence-corrected chi connectivity index (χ0v) is 18.4. The minimum absolute atomic E-state index is 0.116. The summed E-state index contributed by atoms with van der Waals surface area (Å²) in [5, 5.41) is 9.19. The van der Waals surface area contributed by atoms with Crippen molar-refractivity contribution in [1.82, 2.24) is 19.5 Å². The number of carboxylic acids is 1. The largest absolute Gasteiger partial charge is 0.478 e. The van der Waals surface area contributed by atoms with Crippen LogP contribution in [0.25, 0.3) is 22.8 Å². The van der Waals surface area contributed by atoms with Gasteiger partial charge in [0, 0.05) is 35.8 Å². The normalized spacial score (nSPS) is 12.9. The Kier molecular flexibility index (Phi) is 5.16. The highest BCUT2D eigenvalue weighted by atomic mass is 19.1. The summed E-state index contributed by atoms with van der Waals surface area (Å²) < 4.78 is 16.7. The molecule has 0 saturated heterocycles. The summed E-state index contributed by atoms with van der Waals surface area (Å²) in [6.07, 6.45) is 4.84. The molecule has 1 aromatic carbocycles. The van der Waals surface area contributed by atoms with Gasteiger partial charge in [-0.15, -0.1) is 0 Å². The number of amides is 1. The molecule has 1 N–H and O–H groups in total. The molecule has 1 aliphatic rings. The molecular weight excluding hydrogens is 437 g/mol. The second-order valence-electron chi connectivity index (χ2n) is 8.22. The van der Waals surface area contributed by atoms with Crippen LogP contribution in [-0.2, 0) is 6.54 Å². The van der Waals surface area contributed by atoms with Crippen LogP contribution in [0.15, 0.2) is 61.1 Å². The molecule has 4 heterocycles. The van der Waals surface area contributed by atoms with Crippen LogP contribution in [0.4, 0.5) is 10.2 Å². The van der Waals surface area contributed by atoms with Gasteiger partial charge in [-0.05, 0) is 43.7 Å². The number of fused-ring (bicyclic) bond motifs is 1. The van der Waals surface area contributed by atoms with Crippen molar-refractivity contribution in [2.45, 2.75) is 26.4 Å². The molecule has 0 atom stereocenters. The van der Waals surface area contributed by atoms with Gasteiger partial charge in [-0.3, -0.25) is 14.7 Å². The Balaban J connectivity index is 1.49. The number of aromatic nitrogens is 4. The van der Waals surface area contributed by atoms with Crippen LogP contribution < -0.4 is 4.90 Å². The van der Waals surface area contributed by atoms with Crippen molar-refractivity contribution in [3.63, 3.8) is 0 Å². The van der Waals surface area contributed by atoms with Gasteiger partial charge in [0.1, 0.15) is 17.2 Å². The van der Waals surface area contributed by atoms with Crippen molar-refractivity contribution in [1.29, 1.82) is 0 Å². The molecule has 0 aliphatic carbocycles. The molecule has 5 rings (SSSR count). The number of carbonyl (C=O) groups is 2. The quantitative estimate of drug-likeness (QED) is 0.471. The molecule has 0 bridgehead atoms. The van der Waals surface area contributed by atoms with Crippen LogP contribution in [0.2, 0.25) is 0 Å². The lowest BCUT2D eigenvalue weighted by Crippen LogP contribution is -2.24. The van der Waals surface area contributed by atoms with E-state index in [0.29, 0.717) is 35.0 Å². The summed E-state index contributed by atoms with van der Waals surface area (Å²) in [4.78, 5) is 39.2. The number of halogens is 1. The van der Waals surface area contributed by atoms with E-state index in [1.54, 1.807) is 35.4 Å². The summed E-state index contributed by atoms with van der Waals surface area (Å²) in [6.45, 7) is 4.42. The van der Waals surface area contributed by atoms with Gasteiger partial charge in [0.05, 0.1) is 12.1 Å². The van der Waals surface area contributed by atoms with Gasteiger partial charge in [0.2, 0.25) is 0 Å². The molecule has 4 aromatic rings. The van der Waals surface area contributed by atoms with Gasteiger partial charge in [0.15, 0.2) is 11.6 Å². The van der Waals surface area contributed by atoms with Crippen LogP contribution in [0, 0.1) is 5.82 Å². The molecule has 1 amide bonds. The van der Waals surface area contributed by atoms with Gasteiger partial charge in [0.25, 0.3) is 5.91 Å². The number of hydrogen-bond donors (Lipinski definition) is 1. The number of aromatic carboxylic acids is 1. The number of anilines is 1. The summed E-state index contributed by atoms with van der Waals surface area (Å²) >= 11 is 0. The van der Waals surface area contributed by atoms with E-state index in [1.807, 2.05) is 22.9 Å². The van der Waals surface area contributed by atoms with Crippen molar-refractivity contribution in [3.8, 4) is 22.8 Å². The number of rotatable bonds is 5. The van der Waals surface area contributed by atoms with E-state index in [9.17, 15) is 19.1 Å². The fourth-order valence-corrected chi connectivity index (χ4v) is 4.07. The Bertz CT molecular complexity index is 1450. The minimum Gasteiger partial charge on any atom is -0.478 e. The van der Waals surface area contributed by atoms with Crippen LogP contribution in [-0.4, -0.2) is 36.5 Å². The minimum atomic E-state index is -1.38. The fraction of sp³-hybridized carbons (Fsp3) is 0.160. The first-order valence-electron chi connectivity index (χ1n) is 10.7. The van der Waals surface area contributed by atoms with E-state index >= 15 is 0 Å². The lowest BCUT2D eigenvalue weighted by molar-refractivity contribution is 0.0691. The molecule has 0 spiro atoms. The molecule has 0 saturated carbocycles. The first-order valence-corrected chi connectivity index (χ1v) is 10.7. The van der Waals surface area contributed by atoms with Crippen molar-refractivity contribution in [3.05, 3.63) is 83.6 Å². The molecule has 9 heteroatoms. The number of carboxylic acid groups (broad SMARTS) is 1. The molecular formula is C25H20FN5O3. The Morgan fingerprint density at radius 2 is 1.94 bits per heavy atom. The van der Waals surface area contributed by atoms with E-state index < -0.39 is 17.3 Å². The number of carbonyl (C=O) groups excluding carboxylic acids is 1. The number of hydrogen-bond acceptors (Lipinski definition) is 5. The second-order valence-corrected chi connectivity index (χ2v) is 8.22. The SMILES string of the molecule is CC(C)n1ccnc1-c1cccc(N2Cc3ccc(-c4nccc(C(=O)O)c4F)cc3C2=O)n1. The predicted octanol–water partition coefficient (Wildman–Crippen LogP) is 4.59. The molecule has 34 heavy (non-hydrogen) atoms. The molecule has 170 valence electrons. The lowest BCUT2D eigenvalue weighted by Gasteiger charge is -2.16. The topological polar surface area (TPSA) is 101 Å². The van der Waals surface area contributed by atoms with E-state index in [0.717, 1.165) is 11.6 Å². The number of nitrogens with zero attached hydrogens (tertiary/aromatic N) is 5. The van der Waals surface area contributed by atoms with Gasteiger partial charge in [-0.25, -0.2) is 19.2 Å². The molecule has 0 radical (unpaired) electrons. The average Bonchev–Trinajstić information content (AvgIpc) is 3.44. The van der Waals surface area contributed by atoms with Crippen LogP contribution in [0.5, 0.6) is 0 Å². The third kappa shape index (κ3) is 3.51. The Morgan fingerprint density at radius 1 is 1.12 bits per heavy atom. The monoisotopic (exact) mass is 457 g/mol. The van der Waals surface area contributed by atoms with Crippen LogP contribution >= 0.6 is 0 Å². The maximum absolute atomic E-state index is 14.7. The van der Waals surface area contributed by atoms with Gasteiger partial charge in [-0.1, -0.05) is 18.2 Å². The maximum Gasteiger partial charge on any atom is 0.338 e. The highest BCUT2D eigenvalue weighted by Gasteiger charge is 2.30. The van der Waals surface area contributed by atoms with E-state index in [2.05, 4.69) is 28.8 Å². The third-order valence-corrected chi connectivity index (χ3v) is 5.77. The molecule has 0 unspecified atom stereocenters. The van der Waals surface area contributed by atoms with Crippen molar-refractivity contribution < 1.29 is 19.1 Å². The van der Waals surface area contributed by atoms with E-state index in [-0.39, 0.29) is 17.6 Å². The molecule has 0 fully saturated rings. The zero-order chi connectivity index (χ0) is 24.0. The highest BCUT2D eigenvalue weighted by Crippen LogP contribution is 2.32.